The average Bonchev–Trinajstić information content (AvgIpc) is 2.60. The summed E-state index contributed by atoms with van der Waals surface area (Å²) in [5.41, 5.74) is 0.883. The third-order valence-corrected chi connectivity index (χ3v) is 3.25. The van der Waals surface area contributed by atoms with Crippen LogP contribution in [0.15, 0.2) is 18.2 Å². The van der Waals surface area contributed by atoms with Crippen molar-refractivity contribution in [1.82, 2.24) is 4.90 Å². The quantitative estimate of drug-likeness (QED) is 0.625. The fourth-order valence-corrected chi connectivity index (χ4v) is 2.20. The molecule has 1 aliphatic rings. The van der Waals surface area contributed by atoms with Crippen LogP contribution in [0.2, 0.25) is 5.02 Å². The molecule has 0 aromatic heterocycles. The Bertz CT molecular complexity index is 431. The minimum atomic E-state index is -0.447. The summed E-state index contributed by atoms with van der Waals surface area (Å²) in [5.74, 6) is 0. The van der Waals surface area contributed by atoms with Crippen LogP contribution in [-0.4, -0.2) is 36.1 Å². The molecule has 98 valence electrons. The zero-order chi connectivity index (χ0) is 13.0. The van der Waals surface area contributed by atoms with Crippen LogP contribution >= 0.6 is 11.6 Å². The van der Waals surface area contributed by atoms with Gasteiger partial charge in [-0.3, -0.25) is 15.0 Å². The van der Waals surface area contributed by atoms with Crippen molar-refractivity contribution in [3.8, 4) is 0 Å². The highest BCUT2D eigenvalue weighted by atomic mass is 35.5. The molecule has 6 heteroatoms. The topological polar surface area (TPSA) is 55.6 Å². The third-order valence-electron chi connectivity index (χ3n) is 2.93. The number of hydrogen-bond donors (Lipinski definition) is 0. The van der Waals surface area contributed by atoms with Crippen molar-refractivity contribution in [3.63, 3.8) is 0 Å². The van der Waals surface area contributed by atoms with E-state index in [9.17, 15) is 10.1 Å². The second-order valence-electron chi connectivity index (χ2n) is 4.28. The van der Waals surface area contributed by atoms with Crippen molar-refractivity contribution < 1.29 is 9.66 Å². The van der Waals surface area contributed by atoms with Gasteiger partial charge in [0.15, 0.2) is 0 Å². The largest absolute Gasteiger partial charge is 0.380 e. The first kappa shape index (κ1) is 13.3. The van der Waals surface area contributed by atoms with Crippen molar-refractivity contribution in [2.45, 2.75) is 13.0 Å². The predicted octanol–water partition coefficient (Wildman–Crippen LogP) is 2.47. The summed E-state index contributed by atoms with van der Waals surface area (Å²) in [4.78, 5) is 12.6. The Morgan fingerprint density at radius 1 is 1.39 bits per heavy atom. The lowest BCUT2D eigenvalue weighted by Gasteiger charge is -2.18. The van der Waals surface area contributed by atoms with E-state index in [4.69, 9.17) is 16.3 Å². The zero-order valence-corrected chi connectivity index (χ0v) is 10.7. The third kappa shape index (κ3) is 3.41. The van der Waals surface area contributed by atoms with Gasteiger partial charge in [0, 0.05) is 32.3 Å². The maximum absolute atomic E-state index is 10.8. The van der Waals surface area contributed by atoms with Crippen molar-refractivity contribution in [3.05, 3.63) is 38.9 Å². The molecule has 0 unspecified atom stereocenters. The van der Waals surface area contributed by atoms with Crippen molar-refractivity contribution >= 4 is 17.3 Å². The molecule has 5 nitrogen and oxygen atoms in total. The summed E-state index contributed by atoms with van der Waals surface area (Å²) in [5, 5.41) is 11.0. The van der Waals surface area contributed by atoms with Crippen LogP contribution in [0.3, 0.4) is 0 Å². The maximum Gasteiger partial charge on any atom is 0.288 e. The second kappa shape index (κ2) is 6.13. The summed E-state index contributed by atoms with van der Waals surface area (Å²) < 4.78 is 5.37. The number of ether oxygens (including phenoxy) is 1. The molecule has 1 aromatic rings. The molecule has 1 aromatic carbocycles. The summed E-state index contributed by atoms with van der Waals surface area (Å²) >= 11 is 5.78. The Morgan fingerprint density at radius 3 is 3.00 bits per heavy atom. The van der Waals surface area contributed by atoms with E-state index in [-0.39, 0.29) is 10.7 Å². The van der Waals surface area contributed by atoms with Crippen molar-refractivity contribution in [1.29, 1.82) is 0 Å². The van der Waals surface area contributed by atoms with Crippen molar-refractivity contribution in [2.75, 3.05) is 26.3 Å². The minimum Gasteiger partial charge on any atom is -0.380 e. The fourth-order valence-electron chi connectivity index (χ4n) is 2.01. The molecule has 0 N–H and O–H groups in total. The Kier molecular flexibility index (Phi) is 4.52. The molecule has 1 saturated heterocycles. The highest BCUT2D eigenvalue weighted by Gasteiger charge is 2.15. The Morgan fingerprint density at radius 2 is 2.22 bits per heavy atom. The number of rotatable bonds is 3. The van der Waals surface area contributed by atoms with E-state index >= 15 is 0 Å². The van der Waals surface area contributed by atoms with E-state index in [0.29, 0.717) is 6.54 Å². The molecule has 0 aliphatic carbocycles. The van der Waals surface area contributed by atoms with Crippen molar-refractivity contribution in [2.24, 2.45) is 0 Å². The monoisotopic (exact) mass is 270 g/mol. The van der Waals surface area contributed by atoms with E-state index < -0.39 is 4.92 Å². The first-order valence-corrected chi connectivity index (χ1v) is 6.27. The number of nitro benzene ring substituents is 1. The lowest BCUT2D eigenvalue weighted by atomic mass is 10.2. The molecule has 0 radical (unpaired) electrons. The first-order chi connectivity index (χ1) is 8.66. The van der Waals surface area contributed by atoms with E-state index in [1.54, 1.807) is 12.1 Å². The highest BCUT2D eigenvalue weighted by molar-refractivity contribution is 6.32. The van der Waals surface area contributed by atoms with Gasteiger partial charge >= 0.3 is 0 Å². The Hall–Kier alpha value is -1.17. The van der Waals surface area contributed by atoms with Crippen LogP contribution in [0, 0.1) is 10.1 Å². The van der Waals surface area contributed by atoms with Gasteiger partial charge in [0.25, 0.3) is 5.69 Å². The van der Waals surface area contributed by atoms with Gasteiger partial charge in [0.05, 0.1) is 11.5 Å². The van der Waals surface area contributed by atoms with E-state index in [1.807, 2.05) is 6.07 Å². The SMILES string of the molecule is O=[N+]([O-])c1cc(CN2CCCOCC2)ccc1Cl. The van der Waals surface area contributed by atoms with Crippen LogP contribution in [0.25, 0.3) is 0 Å². The average molecular weight is 271 g/mol. The Labute approximate surface area is 110 Å². The number of hydrogen-bond acceptors (Lipinski definition) is 4. The van der Waals surface area contributed by atoms with Crippen LogP contribution in [0.1, 0.15) is 12.0 Å². The molecule has 1 aliphatic heterocycles. The molecule has 0 saturated carbocycles. The predicted molar refractivity (Wildman–Crippen MR) is 68.8 cm³/mol. The van der Waals surface area contributed by atoms with E-state index in [2.05, 4.69) is 4.90 Å². The summed E-state index contributed by atoms with van der Waals surface area (Å²) in [6, 6.07) is 4.97. The lowest BCUT2D eigenvalue weighted by Crippen LogP contribution is -2.25. The van der Waals surface area contributed by atoms with Gasteiger partial charge in [-0.2, -0.15) is 0 Å². The van der Waals surface area contributed by atoms with Crippen LogP contribution in [-0.2, 0) is 11.3 Å². The van der Waals surface area contributed by atoms with Crippen LogP contribution < -0.4 is 0 Å². The minimum absolute atomic E-state index is 0.0276. The molecule has 0 amide bonds. The van der Waals surface area contributed by atoms with Crippen LogP contribution in [0.4, 0.5) is 5.69 Å². The number of nitrogens with zero attached hydrogens (tertiary/aromatic N) is 2. The zero-order valence-electron chi connectivity index (χ0n) is 9.97. The van der Waals surface area contributed by atoms with Gasteiger partial charge in [0.2, 0.25) is 0 Å². The number of halogens is 1. The molecule has 0 atom stereocenters. The highest BCUT2D eigenvalue weighted by Crippen LogP contribution is 2.25. The van der Waals surface area contributed by atoms with Gasteiger partial charge in [-0.05, 0) is 18.1 Å². The summed E-state index contributed by atoms with van der Waals surface area (Å²) in [6.07, 6.45) is 0.996. The van der Waals surface area contributed by atoms with Gasteiger partial charge in [-0.1, -0.05) is 17.7 Å². The molecule has 1 fully saturated rings. The van der Waals surface area contributed by atoms with Crippen LogP contribution in [0.5, 0.6) is 0 Å². The molecule has 0 spiro atoms. The van der Waals surface area contributed by atoms with Gasteiger partial charge < -0.3 is 4.74 Å². The summed E-state index contributed by atoms with van der Waals surface area (Å²) in [6.45, 7) is 4.02. The number of nitro groups is 1. The summed E-state index contributed by atoms with van der Waals surface area (Å²) in [7, 11) is 0. The molecule has 2 rings (SSSR count). The molecule has 18 heavy (non-hydrogen) atoms. The van der Waals surface area contributed by atoms with Gasteiger partial charge in [0.1, 0.15) is 5.02 Å². The van der Waals surface area contributed by atoms with E-state index in [1.165, 1.54) is 0 Å². The Balaban J connectivity index is 2.08. The maximum atomic E-state index is 10.8. The fraction of sp³-hybridized carbons (Fsp3) is 0.500. The van der Waals surface area contributed by atoms with Gasteiger partial charge in [-0.15, -0.1) is 0 Å². The first-order valence-electron chi connectivity index (χ1n) is 5.90. The normalized spacial score (nSPS) is 17.4. The molecular formula is C12H15ClN2O3. The van der Waals surface area contributed by atoms with E-state index in [0.717, 1.165) is 38.3 Å². The van der Waals surface area contributed by atoms with Gasteiger partial charge in [-0.25, -0.2) is 0 Å². The molecule has 1 heterocycles. The smallest absolute Gasteiger partial charge is 0.288 e. The standard InChI is InChI=1S/C12H15ClN2O3/c13-11-3-2-10(8-12(11)15(16)17)9-14-4-1-6-18-7-5-14/h2-3,8H,1,4-7,9H2. The number of benzene rings is 1. The molecule has 0 bridgehead atoms. The molecular weight excluding hydrogens is 256 g/mol. The second-order valence-corrected chi connectivity index (χ2v) is 4.69. The lowest BCUT2D eigenvalue weighted by molar-refractivity contribution is -0.384.